The first-order valence-electron chi connectivity index (χ1n) is 9.67. The SMILES string of the molecule is CNC(=O)c1c(-c2ccc(F)cc2)oc2nc(N(CCCCS(C)(=O)=O)S(=O)[O-])c(I)cc12. The fraction of sp³-hybridized carbons (Fsp3) is 0.300. The number of fused-ring (bicyclic) bond motifs is 1. The average molecular weight is 608 g/mol. The maximum Gasteiger partial charge on any atom is 0.255 e. The normalized spacial score (nSPS) is 12.6. The number of nitrogens with one attached hydrogen (secondary N) is 1. The summed E-state index contributed by atoms with van der Waals surface area (Å²) in [4.78, 5) is 17.0. The number of unbranched alkanes of at least 4 members (excludes halogenated alkanes) is 1. The topological polar surface area (TPSA) is 133 Å². The zero-order valence-corrected chi connectivity index (χ0v) is 21.4. The second-order valence-electron chi connectivity index (χ2n) is 7.19. The standard InChI is InChI=1S/C20H21FIN3O6S2/c1-23-19(26)16-14-11-15(22)18(25(32(27)28)9-3-4-10-33(2,29)30)24-20(14)31-17(16)12-5-7-13(21)8-6-12/h5-8,11H,3-4,9-10H2,1-2H3,(H,23,26)(H,27,28)/p-1. The van der Waals surface area contributed by atoms with Crippen molar-refractivity contribution in [3.05, 3.63) is 45.3 Å². The fourth-order valence-corrected chi connectivity index (χ4v) is 5.36. The molecule has 3 aromatic rings. The molecule has 0 aliphatic heterocycles. The number of furan rings is 1. The fourth-order valence-electron chi connectivity index (χ4n) is 3.19. The van der Waals surface area contributed by atoms with Crippen molar-refractivity contribution in [3.63, 3.8) is 0 Å². The number of pyridine rings is 1. The van der Waals surface area contributed by atoms with Gasteiger partial charge in [0.1, 0.15) is 21.4 Å². The van der Waals surface area contributed by atoms with Gasteiger partial charge in [-0.25, -0.2) is 12.8 Å². The largest absolute Gasteiger partial charge is 0.755 e. The number of benzene rings is 1. The van der Waals surface area contributed by atoms with Gasteiger partial charge in [0.15, 0.2) is 5.82 Å². The van der Waals surface area contributed by atoms with Gasteiger partial charge in [-0.2, -0.15) is 4.98 Å². The van der Waals surface area contributed by atoms with Crippen LogP contribution in [0.15, 0.2) is 34.7 Å². The van der Waals surface area contributed by atoms with E-state index in [0.717, 1.165) is 10.6 Å². The Balaban J connectivity index is 2.05. The van der Waals surface area contributed by atoms with Crippen molar-refractivity contribution in [1.29, 1.82) is 0 Å². The molecule has 178 valence electrons. The molecule has 0 saturated heterocycles. The second-order valence-corrected chi connectivity index (χ2v) is 11.5. The maximum atomic E-state index is 13.4. The van der Waals surface area contributed by atoms with Gasteiger partial charge in [-0.3, -0.25) is 13.3 Å². The third-order valence-corrected chi connectivity index (χ3v) is 7.26. The molecule has 0 radical (unpaired) electrons. The van der Waals surface area contributed by atoms with Crippen LogP contribution in [-0.2, 0) is 21.1 Å². The van der Waals surface area contributed by atoms with Crippen LogP contribution in [0.4, 0.5) is 10.2 Å². The van der Waals surface area contributed by atoms with Crippen molar-refractivity contribution < 1.29 is 30.8 Å². The summed E-state index contributed by atoms with van der Waals surface area (Å²) >= 11 is -0.761. The third-order valence-electron chi connectivity index (χ3n) is 4.72. The number of carbonyl (C=O) groups is 1. The second kappa shape index (κ2) is 10.4. The van der Waals surface area contributed by atoms with Gasteiger partial charge in [-0.05, 0) is 65.8 Å². The minimum absolute atomic E-state index is 0.0218. The summed E-state index contributed by atoms with van der Waals surface area (Å²) in [5.74, 6) is -0.671. The van der Waals surface area contributed by atoms with E-state index in [-0.39, 0.29) is 35.2 Å². The molecule has 1 amide bonds. The smallest absolute Gasteiger partial charge is 0.255 e. The van der Waals surface area contributed by atoms with Gasteiger partial charge in [0.05, 0.1) is 14.5 Å². The molecule has 1 atom stereocenters. The molecule has 1 aromatic carbocycles. The number of sulfone groups is 1. The van der Waals surface area contributed by atoms with E-state index in [0.29, 0.717) is 27.4 Å². The van der Waals surface area contributed by atoms with Crippen LogP contribution >= 0.6 is 22.6 Å². The summed E-state index contributed by atoms with van der Waals surface area (Å²) in [6.07, 6.45) is 1.72. The molecule has 1 unspecified atom stereocenters. The van der Waals surface area contributed by atoms with Crippen LogP contribution in [0, 0.1) is 9.39 Å². The predicted molar refractivity (Wildman–Crippen MR) is 131 cm³/mol. The van der Waals surface area contributed by atoms with E-state index >= 15 is 0 Å². The molecular formula is C20H20FIN3O6S2-. The number of rotatable bonds is 9. The van der Waals surface area contributed by atoms with E-state index in [1.54, 1.807) is 6.07 Å². The monoisotopic (exact) mass is 608 g/mol. The van der Waals surface area contributed by atoms with E-state index < -0.39 is 32.8 Å². The highest BCUT2D eigenvalue weighted by Gasteiger charge is 2.25. The van der Waals surface area contributed by atoms with Gasteiger partial charge in [0.2, 0.25) is 5.71 Å². The van der Waals surface area contributed by atoms with Crippen molar-refractivity contribution in [3.8, 4) is 11.3 Å². The van der Waals surface area contributed by atoms with Crippen LogP contribution in [0.5, 0.6) is 0 Å². The maximum absolute atomic E-state index is 13.4. The van der Waals surface area contributed by atoms with Gasteiger partial charge in [-0.15, -0.1) is 0 Å². The molecule has 33 heavy (non-hydrogen) atoms. The molecule has 1 N–H and O–H groups in total. The highest BCUT2D eigenvalue weighted by molar-refractivity contribution is 14.1. The van der Waals surface area contributed by atoms with Crippen LogP contribution in [0.2, 0.25) is 0 Å². The van der Waals surface area contributed by atoms with Crippen molar-refractivity contribution in [1.82, 2.24) is 10.3 Å². The lowest BCUT2D eigenvalue weighted by atomic mass is 10.1. The Morgan fingerprint density at radius 1 is 1.30 bits per heavy atom. The number of hydrogen-bond acceptors (Lipinski definition) is 7. The van der Waals surface area contributed by atoms with Gasteiger partial charge < -0.3 is 14.3 Å². The molecule has 2 heterocycles. The number of amides is 1. The number of aromatic nitrogens is 1. The lowest BCUT2D eigenvalue weighted by Crippen LogP contribution is -2.28. The Bertz CT molecular complexity index is 1310. The van der Waals surface area contributed by atoms with Gasteiger partial charge in [0.25, 0.3) is 5.91 Å². The minimum Gasteiger partial charge on any atom is -0.755 e. The van der Waals surface area contributed by atoms with Crippen LogP contribution in [0.1, 0.15) is 23.2 Å². The zero-order chi connectivity index (χ0) is 24.3. The lowest BCUT2D eigenvalue weighted by molar-refractivity contribution is 0.0964. The number of halogens is 2. The van der Waals surface area contributed by atoms with E-state index in [1.807, 2.05) is 22.6 Å². The molecule has 0 saturated carbocycles. The molecule has 0 aliphatic carbocycles. The van der Waals surface area contributed by atoms with Gasteiger partial charge in [0, 0.05) is 42.4 Å². The molecule has 0 fully saturated rings. The summed E-state index contributed by atoms with van der Waals surface area (Å²) < 4.78 is 67.1. The third kappa shape index (κ3) is 6.07. The van der Waals surface area contributed by atoms with Crippen LogP contribution < -0.4 is 9.62 Å². The molecule has 0 spiro atoms. The Kier molecular flexibility index (Phi) is 8.08. The summed E-state index contributed by atoms with van der Waals surface area (Å²) in [5.41, 5.74) is 0.684. The summed E-state index contributed by atoms with van der Waals surface area (Å²) in [6, 6.07) is 6.99. The number of hydrogen-bond donors (Lipinski definition) is 1. The number of anilines is 1. The number of carbonyl (C=O) groups excluding carboxylic acids is 1. The Morgan fingerprint density at radius 2 is 1.97 bits per heavy atom. The van der Waals surface area contributed by atoms with E-state index in [4.69, 9.17) is 4.42 Å². The molecule has 0 bridgehead atoms. The molecule has 0 aliphatic rings. The van der Waals surface area contributed by atoms with Gasteiger partial charge in [-0.1, -0.05) is 0 Å². The van der Waals surface area contributed by atoms with Crippen molar-refractivity contribution >= 4 is 66.5 Å². The summed E-state index contributed by atoms with van der Waals surface area (Å²) in [6.45, 7) is 0.0218. The zero-order valence-electron chi connectivity index (χ0n) is 17.6. The molecule has 13 heteroatoms. The average Bonchev–Trinajstić information content (AvgIpc) is 3.10. The molecular weight excluding hydrogens is 588 g/mol. The summed E-state index contributed by atoms with van der Waals surface area (Å²) in [7, 11) is -1.69. The van der Waals surface area contributed by atoms with E-state index in [2.05, 4.69) is 10.3 Å². The molecule has 9 nitrogen and oxygen atoms in total. The first-order chi connectivity index (χ1) is 15.5. The first kappa shape index (κ1) is 25.5. The van der Waals surface area contributed by atoms with Crippen LogP contribution in [0.3, 0.4) is 0 Å². The highest BCUT2D eigenvalue weighted by atomic mass is 127. The van der Waals surface area contributed by atoms with Crippen molar-refractivity contribution in [2.45, 2.75) is 12.8 Å². The first-order valence-corrected chi connectivity index (χ1v) is 13.8. The van der Waals surface area contributed by atoms with Crippen molar-refractivity contribution in [2.24, 2.45) is 0 Å². The van der Waals surface area contributed by atoms with E-state index in [1.165, 1.54) is 31.3 Å². The Labute approximate surface area is 206 Å². The van der Waals surface area contributed by atoms with E-state index in [9.17, 15) is 26.4 Å². The predicted octanol–water partition coefficient (Wildman–Crippen LogP) is 3.02. The minimum atomic E-state index is -3.15. The lowest BCUT2D eigenvalue weighted by Gasteiger charge is -2.26. The van der Waals surface area contributed by atoms with Gasteiger partial charge >= 0.3 is 0 Å². The van der Waals surface area contributed by atoms with Crippen LogP contribution in [-0.4, -0.2) is 53.7 Å². The Hall–Kier alpha value is -2.10. The highest BCUT2D eigenvalue weighted by Crippen LogP contribution is 2.36. The summed E-state index contributed by atoms with van der Waals surface area (Å²) in [5, 5.41) is 2.91. The quantitative estimate of drug-likeness (QED) is 0.224. The number of nitrogens with zero attached hydrogens (tertiary/aromatic N) is 2. The molecule has 2 aromatic heterocycles. The van der Waals surface area contributed by atoms with Crippen molar-refractivity contribution in [2.75, 3.05) is 29.9 Å². The van der Waals surface area contributed by atoms with Crippen LogP contribution in [0.25, 0.3) is 22.4 Å². The Morgan fingerprint density at radius 3 is 2.55 bits per heavy atom. The molecule has 3 rings (SSSR count).